The van der Waals surface area contributed by atoms with Crippen LogP contribution in [0.3, 0.4) is 0 Å². The van der Waals surface area contributed by atoms with Crippen molar-refractivity contribution in [1.29, 1.82) is 0 Å². The topological polar surface area (TPSA) is 16.4 Å². The second-order valence-corrected chi connectivity index (χ2v) is 13.3. The summed E-state index contributed by atoms with van der Waals surface area (Å²) >= 11 is 0. The van der Waals surface area contributed by atoms with Gasteiger partial charge in [0.25, 0.3) is 0 Å². The van der Waals surface area contributed by atoms with Gasteiger partial charge in [-0.25, -0.2) is 0 Å². The first-order chi connectivity index (χ1) is 25.8. The Labute approximate surface area is 302 Å². The summed E-state index contributed by atoms with van der Waals surface area (Å²) < 4.78 is 6.82. The zero-order valence-corrected chi connectivity index (χ0v) is 28.4. The van der Waals surface area contributed by atoms with Gasteiger partial charge in [0.2, 0.25) is 0 Å². The molecule has 244 valence electrons. The summed E-state index contributed by atoms with van der Waals surface area (Å²) in [6, 6.07) is 71.5. The molecule has 0 fully saturated rings. The zero-order valence-electron chi connectivity index (χ0n) is 28.4. The predicted molar refractivity (Wildman–Crippen MR) is 220 cm³/mol. The van der Waals surface area contributed by atoms with E-state index in [-0.39, 0.29) is 0 Å². The Hall–Kier alpha value is -6.90. The van der Waals surface area contributed by atoms with E-state index >= 15 is 0 Å². The molecule has 0 aliphatic heterocycles. The number of rotatable bonds is 6. The second-order valence-electron chi connectivity index (χ2n) is 13.3. The van der Waals surface area contributed by atoms with Crippen molar-refractivity contribution in [2.75, 3.05) is 4.90 Å². The van der Waals surface area contributed by atoms with Crippen molar-refractivity contribution in [2.45, 2.75) is 0 Å². The molecule has 0 atom stereocenters. The van der Waals surface area contributed by atoms with E-state index in [4.69, 9.17) is 4.42 Å². The minimum absolute atomic E-state index is 0.897. The Morgan fingerprint density at radius 3 is 1.56 bits per heavy atom. The summed E-state index contributed by atoms with van der Waals surface area (Å²) in [5.74, 6) is 0. The Balaban J connectivity index is 1.13. The molecule has 0 N–H and O–H groups in total. The van der Waals surface area contributed by atoms with Crippen LogP contribution in [0.5, 0.6) is 0 Å². The molecule has 0 unspecified atom stereocenters. The van der Waals surface area contributed by atoms with Crippen LogP contribution < -0.4 is 4.90 Å². The summed E-state index contributed by atoms with van der Waals surface area (Å²) in [6.45, 7) is 0. The quantitative estimate of drug-likeness (QED) is 0.176. The largest absolute Gasteiger partial charge is 0.455 e. The van der Waals surface area contributed by atoms with Crippen molar-refractivity contribution in [2.24, 2.45) is 0 Å². The Morgan fingerprint density at radius 1 is 0.308 bits per heavy atom. The third kappa shape index (κ3) is 5.04. The Morgan fingerprint density at radius 2 is 0.808 bits per heavy atom. The van der Waals surface area contributed by atoms with Gasteiger partial charge in [0.1, 0.15) is 11.2 Å². The summed E-state index contributed by atoms with van der Waals surface area (Å²) in [7, 11) is 0. The van der Waals surface area contributed by atoms with E-state index in [1.165, 1.54) is 32.7 Å². The lowest BCUT2D eigenvalue weighted by molar-refractivity contribution is 0.671. The van der Waals surface area contributed by atoms with Crippen LogP contribution in [-0.4, -0.2) is 0 Å². The molecule has 52 heavy (non-hydrogen) atoms. The fourth-order valence-corrected chi connectivity index (χ4v) is 7.80. The maximum atomic E-state index is 6.82. The number of para-hydroxylation sites is 2. The number of furan rings is 1. The molecule has 0 radical (unpaired) electrons. The van der Waals surface area contributed by atoms with Gasteiger partial charge in [-0.2, -0.15) is 0 Å². The van der Waals surface area contributed by atoms with Crippen LogP contribution in [0.15, 0.2) is 205 Å². The third-order valence-corrected chi connectivity index (χ3v) is 10.3. The first kappa shape index (κ1) is 30.0. The van der Waals surface area contributed by atoms with Gasteiger partial charge in [0, 0.05) is 38.7 Å². The lowest BCUT2D eigenvalue weighted by atomic mass is 9.97. The number of nitrogens with zero attached hydrogens (tertiary/aromatic N) is 1. The maximum Gasteiger partial charge on any atom is 0.143 e. The molecule has 1 aromatic heterocycles. The summed E-state index contributed by atoms with van der Waals surface area (Å²) in [5.41, 5.74) is 11.9. The molecule has 2 nitrogen and oxygen atoms in total. The van der Waals surface area contributed by atoms with Crippen LogP contribution in [0.4, 0.5) is 17.1 Å². The highest BCUT2D eigenvalue weighted by Crippen LogP contribution is 2.44. The number of anilines is 3. The number of fused-ring (bicyclic) bond motifs is 5. The molecule has 0 aliphatic rings. The number of hydrogen-bond donors (Lipinski definition) is 0. The van der Waals surface area contributed by atoms with E-state index in [0.29, 0.717) is 0 Å². The standard InChI is InChI=1S/C50H33NO/c1-2-13-36(14-3-1)44-24-11-26-46-47-27-12-25-45(50(47)52-49(44)46)38-19-8-20-40(33-38)51(48-28-10-18-35-16-5-7-22-43(35)48)39-31-29-37(30-32-39)42-23-9-17-34-15-4-6-21-41(34)42/h1-33H. The molecule has 0 spiro atoms. The van der Waals surface area contributed by atoms with Crippen molar-refractivity contribution >= 4 is 60.5 Å². The Bertz CT molecular complexity index is 2890. The van der Waals surface area contributed by atoms with Crippen molar-refractivity contribution in [3.05, 3.63) is 200 Å². The van der Waals surface area contributed by atoms with Gasteiger partial charge in [-0.3, -0.25) is 0 Å². The lowest BCUT2D eigenvalue weighted by Crippen LogP contribution is -2.10. The molecule has 10 aromatic rings. The van der Waals surface area contributed by atoms with Gasteiger partial charge >= 0.3 is 0 Å². The smallest absolute Gasteiger partial charge is 0.143 e. The van der Waals surface area contributed by atoms with Crippen LogP contribution in [0.25, 0.3) is 76.9 Å². The van der Waals surface area contributed by atoms with Crippen LogP contribution in [0.2, 0.25) is 0 Å². The molecule has 0 saturated carbocycles. The monoisotopic (exact) mass is 663 g/mol. The van der Waals surface area contributed by atoms with E-state index in [1.807, 2.05) is 6.07 Å². The average molecular weight is 664 g/mol. The molecule has 0 saturated heterocycles. The highest BCUT2D eigenvalue weighted by molar-refractivity contribution is 6.13. The van der Waals surface area contributed by atoms with Crippen LogP contribution >= 0.6 is 0 Å². The molecule has 1 heterocycles. The Kier molecular flexibility index (Phi) is 7.18. The molecule has 0 bridgehead atoms. The highest BCUT2D eigenvalue weighted by atomic mass is 16.3. The van der Waals surface area contributed by atoms with Crippen molar-refractivity contribution in [1.82, 2.24) is 0 Å². The van der Waals surface area contributed by atoms with Gasteiger partial charge in [-0.15, -0.1) is 0 Å². The number of hydrogen-bond acceptors (Lipinski definition) is 2. The zero-order chi connectivity index (χ0) is 34.4. The molecular weight excluding hydrogens is 631 g/mol. The summed E-state index contributed by atoms with van der Waals surface area (Å²) in [4.78, 5) is 2.38. The highest BCUT2D eigenvalue weighted by Gasteiger charge is 2.19. The van der Waals surface area contributed by atoms with Crippen molar-refractivity contribution in [3.63, 3.8) is 0 Å². The van der Waals surface area contributed by atoms with E-state index < -0.39 is 0 Å². The van der Waals surface area contributed by atoms with E-state index in [2.05, 4.69) is 199 Å². The molecule has 2 heteroatoms. The first-order valence-electron chi connectivity index (χ1n) is 17.8. The molecule has 0 aliphatic carbocycles. The summed E-state index contributed by atoms with van der Waals surface area (Å²) in [5, 5.41) is 7.14. The minimum Gasteiger partial charge on any atom is -0.455 e. The SMILES string of the molecule is c1ccc(-c2cccc3c2oc2c(-c4cccc(N(c5ccc(-c6cccc7ccccc67)cc5)c5cccc6ccccc56)c4)cccc23)cc1. The normalized spacial score (nSPS) is 11.5. The molecular formula is C50H33NO. The van der Waals surface area contributed by atoms with Crippen LogP contribution in [0, 0.1) is 0 Å². The fourth-order valence-electron chi connectivity index (χ4n) is 7.80. The van der Waals surface area contributed by atoms with E-state index in [0.717, 1.165) is 61.3 Å². The van der Waals surface area contributed by atoms with Gasteiger partial charge in [0.15, 0.2) is 0 Å². The molecule has 10 rings (SSSR count). The van der Waals surface area contributed by atoms with Crippen LogP contribution in [0.1, 0.15) is 0 Å². The van der Waals surface area contributed by atoms with Crippen LogP contribution in [-0.2, 0) is 0 Å². The van der Waals surface area contributed by atoms with Gasteiger partial charge in [-0.05, 0) is 68.7 Å². The minimum atomic E-state index is 0.897. The van der Waals surface area contributed by atoms with Gasteiger partial charge in [0.05, 0.1) is 5.69 Å². The fraction of sp³-hybridized carbons (Fsp3) is 0. The van der Waals surface area contributed by atoms with Gasteiger partial charge < -0.3 is 9.32 Å². The number of benzene rings is 9. The van der Waals surface area contributed by atoms with Crippen molar-refractivity contribution < 1.29 is 4.42 Å². The third-order valence-electron chi connectivity index (χ3n) is 10.3. The molecule has 0 amide bonds. The van der Waals surface area contributed by atoms with Gasteiger partial charge in [-0.1, -0.05) is 170 Å². The van der Waals surface area contributed by atoms with E-state index in [1.54, 1.807) is 0 Å². The van der Waals surface area contributed by atoms with E-state index in [9.17, 15) is 0 Å². The first-order valence-corrected chi connectivity index (χ1v) is 17.8. The second kappa shape index (κ2) is 12.5. The average Bonchev–Trinajstić information content (AvgIpc) is 3.61. The summed E-state index contributed by atoms with van der Waals surface area (Å²) in [6.07, 6.45) is 0. The maximum absolute atomic E-state index is 6.82. The lowest BCUT2D eigenvalue weighted by Gasteiger charge is -2.27. The molecule has 9 aromatic carbocycles. The van der Waals surface area contributed by atoms with Crippen molar-refractivity contribution in [3.8, 4) is 33.4 Å². The predicted octanol–water partition coefficient (Wildman–Crippen LogP) is 14.4.